The molecule has 0 saturated carbocycles. The van der Waals surface area contributed by atoms with E-state index in [4.69, 9.17) is 14.2 Å². The summed E-state index contributed by atoms with van der Waals surface area (Å²) >= 11 is 1.48. The average Bonchev–Trinajstić information content (AvgIpc) is 3.31. The van der Waals surface area contributed by atoms with Gasteiger partial charge < -0.3 is 14.2 Å². The lowest BCUT2D eigenvalue weighted by Gasteiger charge is -2.17. The quantitative estimate of drug-likeness (QED) is 0.492. The van der Waals surface area contributed by atoms with Gasteiger partial charge in [0.1, 0.15) is 18.5 Å². The summed E-state index contributed by atoms with van der Waals surface area (Å²) in [6.45, 7) is 8.72. The summed E-state index contributed by atoms with van der Waals surface area (Å²) < 4.78 is 19.0. The van der Waals surface area contributed by atoms with E-state index >= 15 is 0 Å². The third kappa shape index (κ3) is 3.99. The Hall–Kier alpha value is -2.88. The molecule has 1 aliphatic rings. The molecule has 0 spiro atoms. The minimum absolute atomic E-state index is 0.145. The van der Waals surface area contributed by atoms with E-state index in [1.165, 1.54) is 17.3 Å². The summed E-state index contributed by atoms with van der Waals surface area (Å²) in [5, 5.41) is 8.54. The number of aryl methyl sites for hydroxylation is 2. The largest absolute Gasteiger partial charge is 0.491 e. The molecule has 4 aromatic rings. The van der Waals surface area contributed by atoms with Gasteiger partial charge in [-0.15, -0.1) is 5.10 Å². The molecule has 0 aliphatic carbocycles. The number of hydrogen-bond acceptors (Lipinski definition) is 7. The zero-order chi connectivity index (χ0) is 22.5. The minimum Gasteiger partial charge on any atom is -0.491 e. The smallest absolute Gasteiger partial charge is 0.281 e. The fourth-order valence-electron chi connectivity index (χ4n) is 3.80. The zero-order valence-electron chi connectivity index (χ0n) is 18.3. The average molecular weight is 453 g/mol. The van der Waals surface area contributed by atoms with Crippen LogP contribution >= 0.6 is 11.8 Å². The van der Waals surface area contributed by atoms with Crippen LogP contribution in [0.1, 0.15) is 25.0 Å². The number of fused-ring (bicyclic) bond motifs is 3. The van der Waals surface area contributed by atoms with Crippen LogP contribution in [0.4, 0.5) is 0 Å². The Labute approximate surface area is 188 Å². The predicted molar refractivity (Wildman–Crippen MR) is 122 cm³/mol. The summed E-state index contributed by atoms with van der Waals surface area (Å²) in [5.41, 5.74) is 3.19. The van der Waals surface area contributed by atoms with E-state index in [-0.39, 0.29) is 11.7 Å². The highest BCUT2D eigenvalue weighted by molar-refractivity contribution is 7.99. The Morgan fingerprint density at radius 1 is 1.25 bits per heavy atom. The Morgan fingerprint density at radius 2 is 2.09 bits per heavy atom. The van der Waals surface area contributed by atoms with E-state index < -0.39 is 5.79 Å². The van der Waals surface area contributed by atoms with Gasteiger partial charge in [-0.25, -0.2) is 9.73 Å². The maximum absolute atomic E-state index is 12.7. The van der Waals surface area contributed by atoms with Crippen molar-refractivity contribution in [2.45, 2.75) is 49.5 Å². The molecule has 1 saturated heterocycles. The van der Waals surface area contributed by atoms with Gasteiger partial charge in [0.05, 0.1) is 17.5 Å². The van der Waals surface area contributed by atoms with Gasteiger partial charge in [-0.2, -0.15) is 4.98 Å². The van der Waals surface area contributed by atoms with Gasteiger partial charge in [0, 0.05) is 11.0 Å². The van der Waals surface area contributed by atoms with Crippen molar-refractivity contribution in [1.29, 1.82) is 0 Å². The molecule has 1 fully saturated rings. The number of nitrogens with zero attached hydrogens (tertiary/aromatic N) is 3. The second-order valence-electron chi connectivity index (χ2n) is 8.40. The molecule has 2 aromatic heterocycles. The molecule has 5 rings (SSSR count). The standard InChI is InChI=1S/C23H24N4O4S/c1-13-5-8-19(14(2)9-13)32-22-20-24-21(28)17-7-6-15(10-18(17)27(20)26-25-22)29-11-16-12-30-23(3,4)31-16/h5-10,16,26H,11-12H2,1-4H3. The first kappa shape index (κ1) is 21.0. The lowest BCUT2D eigenvalue weighted by atomic mass is 10.2. The molecule has 32 heavy (non-hydrogen) atoms. The summed E-state index contributed by atoms with van der Waals surface area (Å²) in [5.74, 6) is 0.0332. The van der Waals surface area contributed by atoms with Crippen molar-refractivity contribution in [3.8, 4) is 5.75 Å². The van der Waals surface area contributed by atoms with Gasteiger partial charge in [0.25, 0.3) is 5.56 Å². The molecule has 166 valence electrons. The molecular weight excluding hydrogens is 428 g/mol. The van der Waals surface area contributed by atoms with Gasteiger partial charge in [-0.05, 0) is 51.5 Å². The monoisotopic (exact) mass is 452 g/mol. The predicted octanol–water partition coefficient (Wildman–Crippen LogP) is 3.87. The van der Waals surface area contributed by atoms with E-state index in [9.17, 15) is 4.79 Å². The number of H-pyrrole nitrogens is 1. The highest BCUT2D eigenvalue weighted by Gasteiger charge is 2.33. The van der Waals surface area contributed by atoms with Crippen molar-refractivity contribution >= 4 is 28.3 Å². The van der Waals surface area contributed by atoms with Crippen LogP contribution in [0.2, 0.25) is 0 Å². The Balaban J connectivity index is 1.47. The third-order valence-corrected chi connectivity index (χ3v) is 6.49. The minimum atomic E-state index is -0.595. The second-order valence-corrected chi connectivity index (χ2v) is 9.44. The second kappa shape index (κ2) is 7.91. The molecule has 1 atom stereocenters. The van der Waals surface area contributed by atoms with Gasteiger partial charge in [-0.3, -0.25) is 4.79 Å². The molecule has 0 bridgehead atoms. The van der Waals surface area contributed by atoms with Crippen LogP contribution in [0, 0.1) is 13.8 Å². The number of aromatic nitrogens is 4. The van der Waals surface area contributed by atoms with Crippen molar-refractivity contribution in [3.63, 3.8) is 0 Å². The number of rotatable bonds is 5. The summed E-state index contributed by atoms with van der Waals surface area (Å²) in [6.07, 6.45) is -0.145. The highest BCUT2D eigenvalue weighted by Crippen LogP contribution is 2.32. The first-order valence-corrected chi connectivity index (χ1v) is 11.2. The summed E-state index contributed by atoms with van der Waals surface area (Å²) in [6, 6.07) is 11.5. The van der Waals surface area contributed by atoms with E-state index in [1.54, 1.807) is 16.6 Å². The summed E-state index contributed by atoms with van der Waals surface area (Å²) in [7, 11) is 0. The molecule has 1 N–H and O–H groups in total. The molecule has 9 heteroatoms. The molecule has 8 nitrogen and oxygen atoms in total. The van der Waals surface area contributed by atoms with Crippen molar-refractivity contribution in [1.82, 2.24) is 19.8 Å². The number of ether oxygens (including phenoxy) is 3. The third-order valence-electron chi connectivity index (χ3n) is 5.34. The molecule has 2 aromatic carbocycles. The fraction of sp³-hybridized carbons (Fsp3) is 0.348. The zero-order valence-corrected chi connectivity index (χ0v) is 19.2. The van der Waals surface area contributed by atoms with E-state index in [2.05, 4.69) is 47.3 Å². The number of hydrogen-bond donors (Lipinski definition) is 1. The van der Waals surface area contributed by atoms with Crippen LogP contribution in [0.15, 0.2) is 51.1 Å². The Kier molecular flexibility index (Phi) is 5.19. The summed E-state index contributed by atoms with van der Waals surface area (Å²) in [4.78, 5) is 18.0. The van der Waals surface area contributed by atoms with Crippen molar-refractivity contribution in [2.75, 3.05) is 13.2 Å². The van der Waals surface area contributed by atoms with Gasteiger partial charge in [0.15, 0.2) is 16.5 Å². The van der Waals surface area contributed by atoms with Gasteiger partial charge in [-0.1, -0.05) is 29.5 Å². The van der Waals surface area contributed by atoms with Crippen molar-refractivity contribution in [2.24, 2.45) is 0 Å². The van der Waals surface area contributed by atoms with Crippen LogP contribution in [0.3, 0.4) is 0 Å². The SMILES string of the molecule is Cc1ccc(Sc2n[nH]n3c2nc(=O)c2ccc(OCC4COC(C)(C)O4)cc23)c(C)c1. The van der Waals surface area contributed by atoms with Crippen LogP contribution < -0.4 is 10.3 Å². The molecule has 1 aliphatic heterocycles. The lowest BCUT2D eigenvalue weighted by Crippen LogP contribution is -2.25. The fourth-order valence-corrected chi connectivity index (χ4v) is 4.68. The van der Waals surface area contributed by atoms with Crippen LogP contribution in [-0.4, -0.2) is 44.9 Å². The van der Waals surface area contributed by atoms with Crippen LogP contribution in [-0.2, 0) is 9.47 Å². The Morgan fingerprint density at radius 3 is 2.84 bits per heavy atom. The van der Waals surface area contributed by atoms with E-state index in [0.29, 0.717) is 40.5 Å². The van der Waals surface area contributed by atoms with Crippen molar-refractivity contribution < 1.29 is 14.2 Å². The maximum Gasteiger partial charge on any atom is 0.281 e. The van der Waals surface area contributed by atoms with E-state index in [0.717, 1.165) is 10.5 Å². The number of benzene rings is 2. The van der Waals surface area contributed by atoms with Gasteiger partial charge >= 0.3 is 0 Å². The molecule has 0 radical (unpaired) electrons. The number of aromatic amines is 1. The van der Waals surface area contributed by atoms with E-state index in [1.807, 2.05) is 19.9 Å². The van der Waals surface area contributed by atoms with Crippen LogP contribution in [0.25, 0.3) is 16.6 Å². The molecule has 1 unspecified atom stereocenters. The Bertz CT molecular complexity index is 1380. The first-order chi connectivity index (χ1) is 15.3. The topological polar surface area (TPSA) is 90.7 Å². The normalized spacial score (nSPS) is 17.9. The molecule has 3 heterocycles. The molecule has 0 amide bonds. The number of nitrogens with one attached hydrogen (secondary N) is 1. The first-order valence-electron chi connectivity index (χ1n) is 10.4. The highest BCUT2D eigenvalue weighted by atomic mass is 32.2. The van der Waals surface area contributed by atoms with Gasteiger partial charge in [0.2, 0.25) is 0 Å². The van der Waals surface area contributed by atoms with Crippen molar-refractivity contribution in [3.05, 3.63) is 57.9 Å². The van der Waals surface area contributed by atoms with Crippen LogP contribution in [0.5, 0.6) is 5.75 Å². The maximum atomic E-state index is 12.7. The molecular formula is C23H24N4O4S. The lowest BCUT2D eigenvalue weighted by molar-refractivity contribution is -0.141.